The van der Waals surface area contributed by atoms with Crippen molar-refractivity contribution in [3.05, 3.63) is 28.8 Å². The summed E-state index contributed by atoms with van der Waals surface area (Å²) in [5.74, 6) is 0. The van der Waals surface area contributed by atoms with Crippen molar-refractivity contribution in [2.45, 2.75) is 65.0 Å². The SMILES string of the molecule is CCNC(C)c1ccc(N2CCCCCC2CC)c(Cl)c1. The summed E-state index contributed by atoms with van der Waals surface area (Å²) < 4.78 is 0. The molecule has 3 heteroatoms. The first-order chi connectivity index (χ1) is 10.2. The van der Waals surface area contributed by atoms with Crippen LogP contribution in [0.4, 0.5) is 5.69 Å². The second-order valence-electron chi connectivity index (χ2n) is 6.10. The Hall–Kier alpha value is -0.730. The van der Waals surface area contributed by atoms with Gasteiger partial charge in [0.05, 0.1) is 10.7 Å². The summed E-state index contributed by atoms with van der Waals surface area (Å²) in [6.07, 6.45) is 6.47. The Morgan fingerprint density at radius 1 is 1.29 bits per heavy atom. The molecule has 0 saturated carbocycles. The minimum Gasteiger partial charge on any atom is -0.367 e. The van der Waals surface area contributed by atoms with E-state index in [1.807, 2.05) is 0 Å². The third-order valence-electron chi connectivity index (χ3n) is 4.64. The Bertz CT molecular complexity index is 447. The number of hydrogen-bond acceptors (Lipinski definition) is 2. The molecule has 0 aliphatic carbocycles. The number of benzene rings is 1. The Kier molecular flexibility index (Phi) is 6.38. The normalized spacial score (nSPS) is 21.1. The quantitative estimate of drug-likeness (QED) is 0.807. The number of nitrogens with zero attached hydrogens (tertiary/aromatic N) is 1. The van der Waals surface area contributed by atoms with Crippen molar-refractivity contribution in [2.24, 2.45) is 0 Å². The van der Waals surface area contributed by atoms with Gasteiger partial charge in [-0.05, 0) is 50.4 Å². The standard InChI is InChI=1S/C18H29ClN2/c1-4-16-9-7-6-8-12-21(16)18-11-10-15(13-17(18)19)14(3)20-5-2/h10-11,13-14,16,20H,4-9,12H2,1-3H3. The highest BCUT2D eigenvalue weighted by Gasteiger charge is 2.22. The van der Waals surface area contributed by atoms with E-state index in [2.05, 4.69) is 49.2 Å². The first kappa shape index (κ1) is 16.6. The molecular formula is C18H29ClN2. The van der Waals surface area contributed by atoms with Crippen LogP contribution in [0.25, 0.3) is 0 Å². The molecule has 0 bridgehead atoms. The van der Waals surface area contributed by atoms with Gasteiger partial charge in [0.1, 0.15) is 0 Å². The highest BCUT2D eigenvalue weighted by atomic mass is 35.5. The number of rotatable bonds is 5. The second-order valence-corrected chi connectivity index (χ2v) is 6.50. The molecule has 0 spiro atoms. The lowest BCUT2D eigenvalue weighted by Crippen LogP contribution is -2.34. The first-order valence-electron chi connectivity index (χ1n) is 8.46. The number of hydrogen-bond donors (Lipinski definition) is 1. The molecule has 2 nitrogen and oxygen atoms in total. The molecule has 0 radical (unpaired) electrons. The molecule has 1 aliphatic heterocycles. The minimum atomic E-state index is 0.354. The van der Waals surface area contributed by atoms with Gasteiger partial charge in [0.2, 0.25) is 0 Å². The Balaban J connectivity index is 2.22. The van der Waals surface area contributed by atoms with Crippen molar-refractivity contribution in [1.82, 2.24) is 5.32 Å². The summed E-state index contributed by atoms with van der Waals surface area (Å²) in [7, 11) is 0. The topological polar surface area (TPSA) is 15.3 Å². The van der Waals surface area contributed by atoms with Crippen molar-refractivity contribution >= 4 is 17.3 Å². The van der Waals surface area contributed by atoms with Crippen molar-refractivity contribution in [3.63, 3.8) is 0 Å². The Morgan fingerprint density at radius 3 is 2.76 bits per heavy atom. The van der Waals surface area contributed by atoms with Gasteiger partial charge < -0.3 is 10.2 Å². The van der Waals surface area contributed by atoms with Gasteiger partial charge >= 0.3 is 0 Å². The average molecular weight is 309 g/mol. The Labute approximate surface area is 134 Å². The monoisotopic (exact) mass is 308 g/mol. The van der Waals surface area contributed by atoms with Crippen LogP contribution in [-0.4, -0.2) is 19.1 Å². The molecule has 2 atom stereocenters. The highest BCUT2D eigenvalue weighted by molar-refractivity contribution is 6.33. The second kappa shape index (κ2) is 8.05. The van der Waals surface area contributed by atoms with Crippen molar-refractivity contribution in [2.75, 3.05) is 18.0 Å². The molecule has 2 rings (SSSR count). The fraction of sp³-hybridized carbons (Fsp3) is 0.667. The molecule has 0 amide bonds. The maximum atomic E-state index is 6.61. The number of nitrogens with one attached hydrogen (secondary N) is 1. The smallest absolute Gasteiger partial charge is 0.0642 e. The fourth-order valence-electron chi connectivity index (χ4n) is 3.37. The fourth-order valence-corrected chi connectivity index (χ4v) is 3.67. The average Bonchev–Trinajstić information content (AvgIpc) is 2.72. The molecule has 1 aliphatic rings. The third kappa shape index (κ3) is 4.14. The van der Waals surface area contributed by atoms with Crippen molar-refractivity contribution < 1.29 is 0 Å². The zero-order chi connectivity index (χ0) is 15.2. The molecular weight excluding hydrogens is 280 g/mol. The summed E-state index contributed by atoms with van der Waals surface area (Å²) in [4.78, 5) is 2.54. The summed E-state index contributed by atoms with van der Waals surface area (Å²) >= 11 is 6.61. The predicted octanol–water partition coefficient (Wildman–Crippen LogP) is 5.17. The van der Waals surface area contributed by atoms with Gasteiger partial charge in [-0.3, -0.25) is 0 Å². The van der Waals surface area contributed by atoms with Gasteiger partial charge in [0.25, 0.3) is 0 Å². The summed E-state index contributed by atoms with van der Waals surface area (Å²) in [5, 5.41) is 4.35. The third-order valence-corrected chi connectivity index (χ3v) is 4.94. The molecule has 21 heavy (non-hydrogen) atoms. The molecule has 2 unspecified atom stereocenters. The summed E-state index contributed by atoms with van der Waals surface area (Å²) in [5.41, 5.74) is 2.49. The van der Waals surface area contributed by atoms with Crippen LogP contribution in [0.3, 0.4) is 0 Å². The van der Waals surface area contributed by atoms with Crippen molar-refractivity contribution in [3.8, 4) is 0 Å². The molecule has 1 fully saturated rings. The molecule has 1 aromatic carbocycles. The van der Waals surface area contributed by atoms with Crippen molar-refractivity contribution in [1.29, 1.82) is 0 Å². The van der Waals surface area contributed by atoms with Crippen LogP contribution in [0.1, 0.15) is 64.5 Å². The van der Waals surface area contributed by atoms with Crippen LogP contribution in [0, 0.1) is 0 Å². The molecule has 1 aromatic rings. The van der Waals surface area contributed by atoms with Crippen LogP contribution in [0.5, 0.6) is 0 Å². The maximum Gasteiger partial charge on any atom is 0.0642 e. The van der Waals surface area contributed by atoms with Gasteiger partial charge in [-0.25, -0.2) is 0 Å². The van der Waals surface area contributed by atoms with E-state index in [0.717, 1.165) is 18.1 Å². The number of halogens is 1. The van der Waals surface area contributed by atoms with E-state index >= 15 is 0 Å². The molecule has 118 valence electrons. The predicted molar refractivity (Wildman–Crippen MR) is 93.4 cm³/mol. The van der Waals surface area contributed by atoms with E-state index in [1.165, 1.54) is 43.4 Å². The minimum absolute atomic E-state index is 0.354. The van der Waals surface area contributed by atoms with E-state index in [-0.39, 0.29) is 0 Å². The van der Waals surface area contributed by atoms with Crippen LogP contribution in [0.2, 0.25) is 5.02 Å². The van der Waals surface area contributed by atoms with Crippen LogP contribution >= 0.6 is 11.6 Å². The highest BCUT2D eigenvalue weighted by Crippen LogP contribution is 2.33. The lowest BCUT2D eigenvalue weighted by molar-refractivity contribution is 0.556. The zero-order valence-corrected chi connectivity index (χ0v) is 14.4. The summed E-state index contributed by atoms with van der Waals surface area (Å²) in [6.45, 7) is 8.73. The molecule has 1 N–H and O–H groups in total. The van der Waals surface area contributed by atoms with E-state index < -0.39 is 0 Å². The number of anilines is 1. The largest absolute Gasteiger partial charge is 0.367 e. The van der Waals surface area contributed by atoms with E-state index in [0.29, 0.717) is 12.1 Å². The zero-order valence-electron chi connectivity index (χ0n) is 13.7. The first-order valence-corrected chi connectivity index (χ1v) is 8.84. The lowest BCUT2D eigenvalue weighted by atomic mass is 10.0. The van der Waals surface area contributed by atoms with Gasteiger partial charge in [-0.1, -0.05) is 44.4 Å². The van der Waals surface area contributed by atoms with E-state index in [1.54, 1.807) is 0 Å². The maximum absolute atomic E-state index is 6.61. The van der Waals surface area contributed by atoms with Gasteiger partial charge in [0, 0.05) is 18.6 Å². The van der Waals surface area contributed by atoms with Gasteiger partial charge in [0.15, 0.2) is 0 Å². The summed E-state index contributed by atoms with van der Waals surface area (Å²) in [6, 6.07) is 7.59. The van der Waals surface area contributed by atoms with Gasteiger partial charge in [-0.2, -0.15) is 0 Å². The van der Waals surface area contributed by atoms with E-state index in [4.69, 9.17) is 11.6 Å². The molecule has 0 aromatic heterocycles. The van der Waals surface area contributed by atoms with Crippen LogP contribution in [0.15, 0.2) is 18.2 Å². The molecule has 1 saturated heterocycles. The van der Waals surface area contributed by atoms with Crippen LogP contribution < -0.4 is 10.2 Å². The Morgan fingerprint density at radius 2 is 2.10 bits per heavy atom. The van der Waals surface area contributed by atoms with E-state index in [9.17, 15) is 0 Å². The molecule has 1 heterocycles. The van der Waals surface area contributed by atoms with Gasteiger partial charge in [-0.15, -0.1) is 0 Å². The lowest BCUT2D eigenvalue weighted by Gasteiger charge is -2.32. The van der Waals surface area contributed by atoms with Crippen LogP contribution in [-0.2, 0) is 0 Å².